The van der Waals surface area contributed by atoms with Gasteiger partial charge >= 0.3 is 5.97 Å². The predicted octanol–water partition coefficient (Wildman–Crippen LogP) is 2.98. The summed E-state index contributed by atoms with van der Waals surface area (Å²) in [5.41, 5.74) is 2.33. The quantitative estimate of drug-likeness (QED) is 0.525. The van der Waals surface area contributed by atoms with Crippen molar-refractivity contribution in [1.82, 2.24) is 9.55 Å². The molecule has 1 atom stereocenters. The number of rotatable bonds is 6. The zero-order chi connectivity index (χ0) is 23.5. The summed E-state index contributed by atoms with van der Waals surface area (Å²) in [7, 11) is 0. The minimum Gasteiger partial charge on any atom is -0.494 e. The molecule has 0 saturated heterocycles. The fourth-order valence-corrected chi connectivity index (χ4v) is 4.75. The molecule has 0 unspecified atom stereocenters. The number of carbonyl (C=O) groups is 1. The molecule has 0 spiro atoms. The zero-order valence-electron chi connectivity index (χ0n) is 18.9. The predicted molar refractivity (Wildman–Crippen MR) is 127 cm³/mol. The first kappa shape index (κ1) is 22.7. The normalized spacial score (nSPS) is 15.9. The molecule has 2 aromatic heterocycles. The van der Waals surface area contributed by atoms with Crippen LogP contribution in [0.25, 0.3) is 6.08 Å². The van der Waals surface area contributed by atoms with Crippen molar-refractivity contribution in [2.75, 3.05) is 6.61 Å². The Morgan fingerprint density at radius 2 is 1.88 bits per heavy atom. The molecule has 7 nitrogen and oxygen atoms in total. The number of nitrogens with zero attached hydrogens (tertiary/aromatic N) is 3. The molecule has 0 aliphatic carbocycles. The summed E-state index contributed by atoms with van der Waals surface area (Å²) in [6.07, 6.45) is 4.87. The van der Waals surface area contributed by atoms with Crippen LogP contribution in [0.3, 0.4) is 0 Å². The fourth-order valence-electron chi connectivity index (χ4n) is 3.70. The number of esters is 1. The molecule has 0 saturated carbocycles. The first-order chi connectivity index (χ1) is 15.9. The van der Waals surface area contributed by atoms with E-state index >= 15 is 0 Å². The number of hydrogen-bond donors (Lipinski definition) is 0. The van der Waals surface area contributed by atoms with E-state index in [0.29, 0.717) is 27.2 Å². The van der Waals surface area contributed by atoms with Crippen molar-refractivity contribution < 1.29 is 14.3 Å². The molecule has 8 heteroatoms. The van der Waals surface area contributed by atoms with Gasteiger partial charge < -0.3 is 9.47 Å². The van der Waals surface area contributed by atoms with E-state index in [1.807, 2.05) is 49.4 Å². The van der Waals surface area contributed by atoms with E-state index in [4.69, 9.17) is 9.47 Å². The molecule has 33 heavy (non-hydrogen) atoms. The lowest BCUT2D eigenvalue weighted by Crippen LogP contribution is -2.40. The lowest BCUT2D eigenvalue weighted by molar-refractivity contribution is -0.143. The summed E-state index contributed by atoms with van der Waals surface area (Å²) >= 11 is 1.29. The molecule has 0 N–H and O–H groups in total. The molecule has 0 fully saturated rings. The average molecular weight is 464 g/mol. The van der Waals surface area contributed by atoms with Crippen LogP contribution in [-0.2, 0) is 9.53 Å². The molecule has 1 aromatic carbocycles. The van der Waals surface area contributed by atoms with Crippen molar-refractivity contribution in [3.05, 3.63) is 90.9 Å². The first-order valence-corrected chi connectivity index (χ1v) is 11.6. The molecule has 0 radical (unpaired) electrons. The zero-order valence-corrected chi connectivity index (χ0v) is 19.8. The van der Waals surface area contributed by atoms with Gasteiger partial charge in [-0.15, -0.1) is 0 Å². The van der Waals surface area contributed by atoms with Gasteiger partial charge in [0.05, 0.1) is 34.6 Å². The number of benzene rings is 1. The Bertz CT molecular complexity index is 1370. The van der Waals surface area contributed by atoms with Crippen molar-refractivity contribution in [1.29, 1.82) is 0 Å². The van der Waals surface area contributed by atoms with Gasteiger partial charge in [0.25, 0.3) is 5.56 Å². The minimum atomic E-state index is -0.650. The van der Waals surface area contributed by atoms with Crippen LogP contribution in [-0.4, -0.2) is 28.2 Å². The maximum absolute atomic E-state index is 13.5. The first-order valence-electron chi connectivity index (χ1n) is 10.8. The maximum Gasteiger partial charge on any atom is 0.338 e. The van der Waals surface area contributed by atoms with Crippen molar-refractivity contribution in [3.8, 4) is 5.75 Å². The van der Waals surface area contributed by atoms with Gasteiger partial charge in [-0.25, -0.2) is 9.79 Å². The number of aromatic nitrogens is 2. The van der Waals surface area contributed by atoms with E-state index in [-0.39, 0.29) is 11.7 Å². The topological polar surface area (TPSA) is 82.8 Å². The number of carbonyl (C=O) groups excluding carboxylic acids is 1. The third kappa shape index (κ3) is 4.66. The smallest absolute Gasteiger partial charge is 0.338 e. The third-order valence-electron chi connectivity index (χ3n) is 5.10. The van der Waals surface area contributed by atoms with E-state index in [2.05, 4.69) is 9.98 Å². The Morgan fingerprint density at radius 3 is 2.52 bits per heavy atom. The summed E-state index contributed by atoms with van der Waals surface area (Å²) in [5, 5.41) is 0. The average Bonchev–Trinajstić information content (AvgIpc) is 3.08. The highest BCUT2D eigenvalue weighted by molar-refractivity contribution is 7.07. The van der Waals surface area contributed by atoms with Crippen LogP contribution < -0.4 is 19.6 Å². The molecule has 1 aliphatic heterocycles. The summed E-state index contributed by atoms with van der Waals surface area (Å²) < 4.78 is 13.2. The molecule has 0 amide bonds. The molecule has 3 aromatic rings. The number of thiazole rings is 1. The van der Waals surface area contributed by atoms with E-state index in [9.17, 15) is 9.59 Å². The largest absolute Gasteiger partial charge is 0.494 e. The van der Waals surface area contributed by atoms with Crippen molar-refractivity contribution in [2.24, 2.45) is 4.99 Å². The van der Waals surface area contributed by atoms with Crippen LogP contribution in [0.4, 0.5) is 0 Å². The second-order valence-corrected chi connectivity index (χ2v) is 8.83. The molecule has 1 aliphatic rings. The van der Waals surface area contributed by atoms with Gasteiger partial charge in [0.1, 0.15) is 5.75 Å². The molecule has 4 rings (SSSR count). The summed E-state index contributed by atoms with van der Waals surface area (Å²) in [6.45, 7) is 7.83. The molecule has 0 bridgehead atoms. The summed E-state index contributed by atoms with van der Waals surface area (Å²) in [6, 6.07) is 10.4. The highest BCUT2D eigenvalue weighted by atomic mass is 32.1. The fraction of sp³-hybridized carbons (Fsp3) is 0.280. The van der Waals surface area contributed by atoms with Gasteiger partial charge in [-0.3, -0.25) is 14.3 Å². The van der Waals surface area contributed by atoms with Gasteiger partial charge in [-0.05, 0) is 69.2 Å². The molecule has 3 heterocycles. The van der Waals surface area contributed by atoms with Gasteiger partial charge in [-0.2, -0.15) is 0 Å². The van der Waals surface area contributed by atoms with Gasteiger partial charge in [0.2, 0.25) is 0 Å². The lowest BCUT2D eigenvalue weighted by atomic mass is 9.96. The van der Waals surface area contributed by atoms with E-state index in [0.717, 1.165) is 16.9 Å². The van der Waals surface area contributed by atoms with Crippen LogP contribution in [0.1, 0.15) is 44.9 Å². The Hall–Kier alpha value is -3.52. The van der Waals surface area contributed by atoms with E-state index in [1.165, 1.54) is 11.3 Å². The van der Waals surface area contributed by atoms with Crippen LogP contribution in [0, 0.1) is 0 Å². The van der Waals surface area contributed by atoms with Gasteiger partial charge in [0.15, 0.2) is 4.80 Å². The Kier molecular flexibility index (Phi) is 6.55. The number of fused-ring (bicyclic) bond motifs is 1. The van der Waals surface area contributed by atoms with E-state index < -0.39 is 12.0 Å². The van der Waals surface area contributed by atoms with Crippen LogP contribution >= 0.6 is 11.3 Å². The Balaban J connectivity index is 1.91. The Morgan fingerprint density at radius 1 is 1.18 bits per heavy atom. The van der Waals surface area contributed by atoms with E-state index in [1.54, 1.807) is 37.7 Å². The van der Waals surface area contributed by atoms with Crippen LogP contribution in [0.2, 0.25) is 0 Å². The SMILES string of the molecule is CCOc1ccc([C@@H]2C(C(=O)OC(C)C)=C(C)N=c3s/c(=C/c4ccncc4)c(=O)n32)cc1. The monoisotopic (exact) mass is 463 g/mol. The Labute approximate surface area is 195 Å². The minimum absolute atomic E-state index is 0.211. The lowest BCUT2D eigenvalue weighted by Gasteiger charge is -2.25. The van der Waals surface area contributed by atoms with Crippen LogP contribution in [0.5, 0.6) is 5.75 Å². The standard InChI is InChI=1S/C25H25N3O4S/c1-5-31-19-8-6-18(7-9-19)22-21(24(30)32-15(2)3)16(4)27-25-28(22)23(29)20(33-25)14-17-10-12-26-13-11-17/h6-15,22H,5H2,1-4H3/b20-14+/t22-/m1/s1. The molecular formula is C25H25N3O4S. The van der Waals surface area contributed by atoms with Crippen LogP contribution in [0.15, 0.2) is 69.8 Å². The van der Waals surface area contributed by atoms with Crippen molar-refractivity contribution in [3.63, 3.8) is 0 Å². The second-order valence-electron chi connectivity index (χ2n) is 7.82. The highest BCUT2D eigenvalue weighted by Crippen LogP contribution is 2.31. The molecular weight excluding hydrogens is 438 g/mol. The number of ether oxygens (including phenoxy) is 2. The number of allylic oxidation sites excluding steroid dienone is 1. The van der Waals surface area contributed by atoms with Crippen molar-refractivity contribution in [2.45, 2.75) is 39.8 Å². The maximum atomic E-state index is 13.5. The summed E-state index contributed by atoms with van der Waals surface area (Å²) in [4.78, 5) is 35.8. The van der Waals surface area contributed by atoms with Gasteiger partial charge in [-0.1, -0.05) is 23.5 Å². The third-order valence-corrected chi connectivity index (χ3v) is 6.08. The highest BCUT2D eigenvalue weighted by Gasteiger charge is 2.33. The van der Waals surface area contributed by atoms with Gasteiger partial charge in [0, 0.05) is 12.4 Å². The second kappa shape index (κ2) is 9.54. The molecule has 170 valence electrons. The summed E-state index contributed by atoms with van der Waals surface area (Å²) in [5.74, 6) is 0.243. The number of pyridine rings is 1. The number of hydrogen-bond acceptors (Lipinski definition) is 7. The van der Waals surface area contributed by atoms with Crippen molar-refractivity contribution >= 4 is 23.4 Å².